The van der Waals surface area contributed by atoms with Gasteiger partial charge in [0.15, 0.2) is 23.0 Å². The second-order valence-electron chi connectivity index (χ2n) is 13.2. The van der Waals surface area contributed by atoms with Crippen molar-refractivity contribution in [2.45, 2.75) is 11.3 Å². The zero-order valence-electron chi connectivity index (χ0n) is 31.6. The Hall–Kier alpha value is -5.64. The Kier molecular flexibility index (Phi) is 10.8. The van der Waals surface area contributed by atoms with Gasteiger partial charge in [0.1, 0.15) is 0 Å². The van der Waals surface area contributed by atoms with Gasteiger partial charge in [-0.3, -0.25) is 0 Å². The van der Waals surface area contributed by atoms with E-state index in [1.54, 1.807) is 40.6 Å². The number of ether oxygens (including phenoxy) is 4. The molecule has 0 radical (unpaired) electrons. The molecule has 0 bridgehead atoms. The van der Waals surface area contributed by atoms with Gasteiger partial charge in [0.25, 0.3) is 0 Å². The molecule has 58 heavy (non-hydrogen) atoms. The first kappa shape index (κ1) is 39.2. The number of aliphatic imine (C=N–C) groups is 4. The van der Waals surface area contributed by atoms with E-state index in [1.807, 2.05) is 121 Å². The van der Waals surface area contributed by atoms with Crippen LogP contribution in [0.5, 0.6) is 23.0 Å². The fourth-order valence-electron chi connectivity index (χ4n) is 7.38. The lowest BCUT2D eigenvalue weighted by molar-refractivity contribution is 0.257. The molecule has 0 aliphatic carbocycles. The monoisotopic (exact) mass is 846 g/mol. The van der Waals surface area contributed by atoms with Gasteiger partial charge in [-0.05, 0) is 60.7 Å². The Morgan fingerprint density at radius 3 is 1.03 bits per heavy atom. The standard InChI is InChI=1S/C46H34Cl4N4O4/c1-55-37-23-21-27(25-39(37)57-3)41-43(29-13-5-9-17-33(29)47)53-45(51-41,31-15-7-11-19-35(31)49)46(32-16-8-12-20-36(32)50)52-42(28-22-24-38(56-2)40(26-28)58-4)44(54-46)30-14-6-10-18-34(30)48/h5-26H,1-4H3. The number of halogens is 4. The zero-order valence-corrected chi connectivity index (χ0v) is 34.7. The molecule has 290 valence electrons. The van der Waals surface area contributed by atoms with Crippen molar-refractivity contribution in [3.05, 3.63) is 187 Å². The van der Waals surface area contributed by atoms with Crippen molar-refractivity contribution in [1.82, 2.24) is 0 Å². The molecule has 0 saturated heterocycles. The van der Waals surface area contributed by atoms with Crippen molar-refractivity contribution >= 4 is 69.3 Å². The topological polar surface area (TPSA) is 86.4 Å². The Morgan fingerprint density at radius 1 is 0.362 bits per heavy atom. The first-order chi connectivity index (χ1) is 28.2. The Bertz CT molecular complexity index is 2530. The van der Waals surface area contributed by atoms with Crippen LogP contribution >= 0.6 is 46.4 Å². The lowest BCUT2D eigenvalue weighted by atomic mass is 9.82. The summed E-state index contributed by atoms with van der Waals surface area (Å²) in [6.45, 7) is 0. The predicted octanol–water partition coefficient (Wildman–Crippen LogP) is 11.3. The lowest BCUT2D eigenvalue weighted by Crippen LogP contribution is -2.43. The molecular formula is C46H34Cl4N4O4. The van der Waals surface area contributed by atoms with Crippen LogP contribution in [0.4, 0.5) is 0 Å². The Morgan fingerprint density at radius 2 is 0.690 bits per heavy atom. The molecule has 2 atom stereocenters. The average molecular weight is 849 g/mol. The molecule has 0 spiro atoms. The molecule has 0 N–H and O–H groups in total. The highest BCUT2D eigenvalue weighted by Crippen LogP contribution is 2.57. The maximum Gasteiger partial charge on any atom is 0.227 e. The second kappa shape index (κ2) is 16.0. The third-order valence-electron chi connectivity index (χ3n) is 10.1. The summed E-state index contributed by atoms with van der Waals surface area (Å²) >= 11 is 28.6. The minimum atomic E-state index is -1.77. The van der Waals surface area contributed by atoms with Crippen molar-refractivity contribution in [2.24, 2.45) is 20.0 Å². The minimum absolute atomic E-state index is 0.373. The normalized spacial score (nSPS) is 18.6. The summed E-state index contributed by atoms with van der Waals surface area (Å²) in [5.74, 6) is 2.07. The highest BCUT2D eigenvalue weighted by molar-refractivity contribution is 6.58. The van der Waals surface area contributed by atoms with E-state index in [2.05, 4.69) is 0 Å². The predicted molar refractivity (Wildman–Crippen MR) is 234 cm³/mol. The first-order valence-corrected chi connectivity index (χ1v) is 19.5. The van der Waals surface area contributed by atoms with Crippen LogP contribution in [0.2, 0.25) is 20.1 Å². The van der Waals surface area contributed by atoms with Crippen molar-refractivity contribution in [1.29, 1.82) is 0 Å². The average Bonchev–Trinajstić information content (AvgIpc) is 3.86. The van der Waals surface area contributed by atoms with Gasteiger partial charge in [0.05, 0.1) is 61.3 Å². The third kappa shape index (κ3) is 6.50. The van der Waals surface area contributed by atoms with E-state index in [9.17, 15) is 0 Å². The van der Waals surface area contributed by atoms with Gasteiger partial charge >= 0.3 is 0 Å². The molecule has 2 aliphatic rings. The zero-order chi connectivity index (χ0) is 40.6. The molecule has 2 heterocycles. The Labute approximate surface area is 356 Å². The number of hydrogen-bond donors (Lipinski definition) is 0. The largest absolute Gasteiger partial charge is 0.493 e. The molecule has 0 fully saturated rings. The maximum atomic E-state index is 7.29. The van der Waals surface area contributed by atoms with Crippen molar-refractivity contribution in [2.75, 3.05) is 28.4 Å². The maximum absolute atomic E-state index is 7.29. The molecule has 0 aromatic heterocycles. The van der Waals surface area contributed by atoms with Crippen molar-refractivity contribution in [3.8, 4) is 23.0 Å². The van der Waals surface area contributed by atoms with E-state index >= 15 is 0 Å². The van der Waals surface area contributed by atoms with Gasteiger partial charge in [-0.1, -0.05) is 119 Å². The minimum Gasteiger partial charge on any atom is -0.493 e. The van der Waals surface area contributed by atoms with Crippen LogP contribution < -0.4 is 18.9 Å². The fourth-order valence-corrected chi connectivity index (χ4v) is 8.36. The number of hydrogen-bond acceptors (Lipinski definition) is 8. The Balaban J connectivity index is 1.57. The van der Waals surface area contributed by atoms with E-state index in [0.717, 1.165) is 0 Å². The molecule has 2 unspecified atom stereocenters. The van der Waals surface area contributed by atoms with Crippen LogP contribution in [-0.4, -0.2) is 51.3 Å². The summed E-state index contributed by atoms with van der Waals surface area (Å²) in [6.07, 6.45) is 0. The molecule has 0 saturated carbocycles. The first-order valence-electron chi connectivity index (χ1n) is 18.0. The summed E-state index contributed by atoms with van der Waals surface area (Å²) in [4.78, 5) is 22.7. The van der Waals surface area contributed by atoms with Crippen LogP contribution in [0.15, 0.2) is 153 Å². The molecular weight excluding hydrogens is 814 g/mol. The van der Waals surface area contributed by atoms with E-state index in [0.29, 0.717) is 99.3 Å². The molecule has 0 amide bonds. The van der Waals surface area contributed by atoms with Gasteiger partial charge < -0.3 is 18.9 Å². The third-order valence-corrected chi connectivity index (χ3v) is 11.4. The van der Waals surface area contributed by atoms with Crippen LogP contribution in [-0.2, 0) is 11.3 Å². The fraction of sp³-hybridized carbons (Fsp3) is 0.130. The van der Waals surface area contributed by atoms with Gasteiger partial charge in [0.2, 0.25) is 11.3 Å². The van der Waals surface area contributed by atoms with Gasteiger partial charge in [-0.25, -0.2) is 20.0 Å². The summed E-state index contributed by atoms with van der Waals surface area (Å²) in [6, 6.07) is 40.8. The van der Waals surface area contributed by atoms with Gasteiger partial charge in [0, 0.05) is 43.4 Å². The summed E-state index contributed by atoms with van der Waals surface area (Å²) in [5.41, 5.74) is 1.95. The number of methoxy groups -OCH3 is 4. The second-order valence-corrected chi connectivity index (χ2v) is 14.9. The summed E-state index contributed by atoms with van der Waals surface area (Å²) in [7, 11) is 6.32. The quantitative estimate of drug-likeness (QED) is 0.130. The number of nitrogens with zero attached hydrogens (tertiary/aromatic N) is 4. The molecule has 2 aliphatic heterocycles. The van der Waals surface area contributed by atoms with E-state index in [1.165, 1.54) is 0 Å². The summed E-state index contributed by atoms with van der Waals surface area (Å²) < 4.78 is 22.8. The SMILES string of the molecule is COc1ccc(C2=NC(c3ccccc3Cl)(C3(c4ccccc4Cl)N=C(c4ccc(OC)c(OC)c4)C(c4ccccc4Cl)=N3)N=C2c2ccccc2Cl)cc1OC. The number of benzene rings is 6. The van der Waals surface area contributed by atoms with Gasteiger partial charge in [-0.2, -0.15) is 0 Å². The van der Waals surface area contributed by atoms with Crippen molar-refractivity contribution < 1.29 is 18.9 Å². The highest BCUT2D eigenvalue weighted by atomic mass is 35.5. The van der Waals surface area contributed by atoms with Gasteiger partial charge in [-0.15, -0.1) is 0 Å². The van der Waals surface area contributed by atoms with Crippen molar-refractivity contribution in [3.63, 3.8) is 0 Å². The van der Waals surface area contributed by atoms with E-state index in [4.69, 9.17) is 85.3 Å². The smallest absolute Gasteiger partial charge is 0.227 e. The molecule has 12 heteroatoms. The van der Waals surface area contributed by atoms with Crippen LogP contribution in [0.25, 0.3) is 0 Å². The van der Waals surface area contributed by atoms with Crippen LogP contribution in [0.3, 0.4) is 0 Å². The number of rotatable bonds is 11. The van der Waals surface area contributed by atoms with E-state index in [-0.39, 0.29) is 0 Å². The molecule has 6 aromatic rings. The molecule has 8 rings (SSSR count). The lowest BCUT2D eigenvalue weighted by Gasteiger charge is -2.39. The molecule has 8 nitrogen and oxygen atoms in total. The summed E-state index contributed by atoms with van der Waals surface area (Å²) in [5, 5.41) is 1.66. The van der Waals surface area contributed by atoms with Crippen LogP contribution in [0, 0.1) is 0 Å². The van der Waals surface area contributed by atoms with Crippen LogP contribution in [0.1, 0.15) is 33.4 Å². The van der Waals surface area contributed by atoms with E-state index < -0.39 is 11.3 Å². The molecule has 6 aromatic carbocycles. The highest BCUT2D eigenvalue weighted by Gasteiger charge is 2.62.